The molecule has 7 heteroatoms. The van der Waals surface area contributed by atoms with E-state index in [1.807, 2.05) is 0 Å². The van der Waals surface area contributed by atoms with Crippen molar-refractivity contribution in [3.63, 3.8) is 0 Å². The fourth-order valence-electron chi connectivity index (χ4n) is 1.55. The standard InChI is InChI=1S/C11H7F3N2O2/c1-4-15-10(17)9(11(18)16-4)8-6(13)2-5(12)3-7(8)14/h2-3H,1H3,(H2,15,16,17,18). The lowest BCUT2D eigenvalue weighted by atomic mass is 10.1. The van der Waals surface area contributed by atoms with E-state index in [1.165, 1.54) is 6.92 Å². The molecule has 94 valence electrons. The van der Waals surface area contributed by atoms with Crippen LogP contribution in [0.4, 0.5) is 13.2 Å². The van der Waals surface area contributed by atoms with E-state index in [1.54, 1.807) is 0 Å². The van der Waals surface area contributed by atoms with Gasteiger partial charge in [-0.15, -0.1) is 0 Å². The van der Waals surface area contributed by atoms with Crippen LogP contribution < -0.4 is 0 Å². The van der Waals surface area contributed by atoms with Crippen LogP contribution in [0.3, 0.4) is 0 Å². The molecule has 0 spiro atoms. The predicted molar refractivity (Wildman–Crippen MR) is 55.4 cm³/mol. The highest BCUT2D eigenvalue weighted by atomic mass is 19.1. The highest BCUT2D eigenvalue weighted by molar-refractivity contribution is 5.73. The fraction of sp³-hybridized carbons (Fsp3) is 0.0909. The van der Waals surface area contributed by atoms with Gasteiger partial charge >= 0.3 is 0 Å². The Morgan fingerprint density at radius 1 is 0.889 bits per heavy atom. The summed E-state index contributed by atoms with van der Waals surface area (Å²) in [6, 6.07) is 0.855. The van der Waals surface area contributed by atoms with Crippen LogP contribution in [0.5, 0.6) is 11.8 Å². The number of halogens is 3. The zero-order chi connectivity index (χ0) is 13.4. The largest absolute Gasteiger partial charge is 0.493 e. The third kappa shape index (κ3) is 1.94. The zero-order valence-corrected chi connectivity index (χ0v) is 9.08. The summed E-state index contributed by atoms with van der Waals surface area (Å²) in [5.41, 5.74) is -1.40. The first-order valence-electron chi connectivity index (χ1n) is 4.81. The topological polar surface area (TPSA) is 66.2 Å². The molecule has 0 bridgehead atoms. The van der Waals surface area contributed by atoms with E-state index >= 15 is 0 Å². The first-order chi connectivity index (χ1) is 8.40. The van der Waals surface area contributed by atoms with Gasteiger partial charge in [0.15, 0.2) is 0 Å². The van der Waals surface area contributed by atoms with Crippen LogP contribution in [0, 0.1) is 24.4 Å². The molecule has 0 aliphatic rings. The Balaban J connectivity index is 2.78. The van der Waals surface area contributed by atoms with E-state index in [0.29, 0.717) is 12.1 Å². The van der Waals surface area contributed by atoms with Gasteiger partial charge in [-0.2, -0.15) is 9.97 Å². The molecule has 2 N–H and O–H groups in total. The van der Waals surface area contributed by atoms with Gasteiger partial charge in [0.05, 0.1) is 5.56 Å². The van der Waals surface area contributed by atoms with Crippen molar-refractivity contribution in [2.24, 2.45) is 0 Å². The minimum atomic E-state index is -1.27. The minimum absolute atomic E-state index is 0.0247. The molecule has 0 aliphatic carbocycles. The Hall–Kier alpha value is -2.31. The second-order valence-corrected chi connectivity index (χ2v) is 3.54. The number of nitrogens with zero attached hydrogens (tertiary/aromatic N) is 2. The minimum Gasteiger partial charge on any atom is -0.493 e. The molecule has 0 atom stereocenters. The number of hydrogen-bond donors (Lipinski definition) is 2. The van der Waals surface area contributed by atoms with Crippen molar-refractivity contribution in [1.29, 1.82) is 0 Å². The van der Waals surface area contributed by atoms with E-state index < -0.39 is 40.3 Å². The summed E-state index contributed by atoms with van der Waals surface area (Å²) in [6.45, 7) is 1.38. The van der Waals surface area contributed by atoms with Crippen molar-refractivity contribution in [3.8, 4) is 22.9 Å². The van der Waals surface area contributed by atoms with Gasteiger partial charge in [-0.3, -0.25) is 0 Å². The molecule has 0 fully saturated rings. The Kier molecular flexibility index (Phi) is 2.82. The first-order valence-corrected chi connectivity index (χ1v) is 4.81. The van der Waals surface area contributed by atoms with Gasteiger partial charge in [0.1, 0.15) is 28.8 Å². The monoisotopic (exact) mass is 256 g/mol. The van der Waals surface area contributed by atoms with Crippen molar-refractivity contribution in [2.75, 3.05) is 0 Å². The second-order valence-electron chi connectivity index (χ2n) is 3.54. The molecule has 0 amide bonds. The SMILES string of the molecule is Cc1nc(O)c(-c2c(F)cc(F)cc2F)c(O)n1. The van der Waals surface area contributed by atoms with Crippen molar-refractivity contribution < 1.29 is 23.4 Å². The van der Waals surface area contributed by atoms with Crippen LogP contribution in [0.25, 0.3) is 11.1 Å². The Morgan fingerprint density at radius 3 is 1.78 bits per heavy atom. The van der Waals surface area contributed by atoms with E-state index in [-0.39, 0.29) is 5.82 Å². The Bertz CT molecular complexity index is 530. The Morgan fingerprint density at radius 2 is 1.33 bits per heavy atom. The van der Waals surface area contributed by atoms with Crippen LogP contribution in [-0.2, 0) is 0 Å². The number of hydrogen-bond acceptors (Lipinski definition) is 4. The number of aryl methyl sites for hydroxylation is 1. The summed E-state index contributed by atoms with van der Waals surface area (Å²) in [4.78, 5) is 6.95. The third-order valence-electron chi connectivity index (χ3n) is 2.24. The maximum Gasteiger partial charge on any atom is 0.226 e. The van der Waals surface area contributed by atoms with Gasteiger partial charge in [0.2, 0.25) is 11.8 Å². The molecule has 1 heterocycles. The van der Waals surface area contributed by atoms with Crippen molar-refractivity contribution in [1.82, 2.24) is 9.97 Å². The van der Waals surface area contributed by atoms with E-state index in [0.717, 1.165) is 0 Å². The molecule has 1 aromatic carbocycles. The van der Waals surface area contributed by atoms with Gasteiger partial charge in [0.25, 0.3) is 0 Å². The van der Waals surface area contributed by atoms with Gasteiger partial charge in [-0.25, -0.2) is 13.2 Å². The van der Waals surface area contributed by atoms with Crippen LogP contribution in [0.15, 0.2) is 12.1 Å². The number of aromatic hydroxyl groups is 2. The average Bonchev–Trinajstić information content (AvgIpc) is 2.20. The molecule has 4 nitrogen and oxygen atoms in total. The lowest BCUT2D eigenvalue weighted by Gasteiger charge is -2.09. The van der Waals surface area contributed by atoms with E-state index in [9.17, 15) is 23.4 Å². The normalized spacial score (nSPS) is 10.7. The molecule has 0 saturated carbocycles. The van der Waals surface area contributed by atoms with Gasteiger partial charge in [-0.05, 0) is 6.92 Å². The lowest BCUT2D eigenvalue weighted by molar-refractivity contribution is 0.420. The second kappa shape index (κ2) is 4.17. The van der Waals surface area contributed by atoms with Crippen molar-refractivity contribution >= 4 is 0 Å². The molecule has 2 rings (SSSR count). The molecule has 0 saturated heterocycles. The molecule has 18 heavy (non-hydrogen) atoms. The van der Waals surface area contributed by atoms with Crippen LogP contribution >= 0.6 is 0 Å². The highest BCUT2D eigenvalue weighted by Gasteiger charge is 2.22. The van der Waals surface area contributed by atoms with Crippen molar-refractivity contribution in [3.05, 3.63) is 35.4 Å². The lowest BCUT2D eigenvalue weighted by Crippen LogP contribution is -1.97. The number of rotatable bonds is 1. The molecule has 0 aliphatic heterocycles. The zero-order valence-electron chi connectivity index (χ0n) is 9.08. The quantitative estimate of drug-likeness (QED) is 0.821. The van der Waals surface area contributed by atoms with E-state index in [2.05, 4.69) is 9.97 Å². The summed E-state index contributed by atoms with van der Waals surface area (Å²) in [6.07, 6.45) is 0. The van der Waals surface area contributed by atoms with Crippen LogP contribution in [-0.4, -0.2) is 20.2 Å². The summed E-state index contributed by atoms with van der Waals surface area (Å²) < 4.78 is 39.8. The summed E-state index contributed by atoms with van der Waals surface area (Å²) >= 11 is 0. The smallest absolute Gasteiger partial charge is 0.226 e. The molecule has 1 aromatic heterocycles. The predicted octanol–water partition coefficient (Wildman–Crippen LogP) is 2.28. The summed E-state index contributed by atoms with van der Waals surface area (Å²) in [7, 11) is 0. The number of aromatic nitrogens is 2. The third-order valence-corrected chi connectivity index (χ3v) is 2.24. The van der Waals surface area contributed by atoms with Gasteiger partial charge < -0.3 is 10.2 Å². The summed E-state index contributed by atoms with van der Waals surface area (Å²) in [5.74, 6) is -5.21. The van der Waals surface area contributed by atoms with Gasteiger partial charge in [-0.1, -0.05) is 0 Å². The Labute approximate surface area is 99.4 Å². The molecular weight excluding hydrogens is 249 g/mol. The molecule has 0 unspecified atom stereocenters. The maximum absolute atomic E-state index is 13.5. The van der Waals surface area contributed by atoms with Gasteiger partial charge in [0, 0.05) is 12.1 Å². The summed E-state index contributed by atoms with van der Waals surface area (Å²) in [5, 5.41) is 19.0. The molecular formula is C11H7F3N2O2. The average molecular weight is 256 g/mol. The molecule has 0 radical (unpaired) electrons. The number of benzene rings is 1. The fourth-order valence-corrected chi connectivity index (χ4v) is 1.55. The molecule has 2 aromatic rings. The van der Waals surface area contributed by atoms with Crippen molar-refractivity contribution in [2.45, 2.75) is 6.92 Å². The first kappa shape index (κ1) is 12.2. The van der Waals surface area contributed by atoms with Crippen LogP contribution in [0.2, 0.25) is 0 Å². The maximum atomic E-state index is 13.5. The van der Waals surface area contributed by atoms with Crippen LogP contribution in [0.1, 0.15) is 5.82 Å². The van der Waals surface area contributed by atoms with E-state index in [4.69, 9.17) is 0 Å². The highest BCUT2D eigenvalue weighted by Crippen LogP contribution is 2.37.